The van der Waals surface area contributed by atoms with Gasteiger partial charge in [-0.2, -0.15) is 0 Å². The molecule has 0 aliphatic heterocycles. The molecule has 0 aromatic rings. The number of allylic oxidation sites excluding steroid dienone is 2. The van der Waals surface area contributed by atoms with Crippen LogP contribution in [0.5, 0.6) is 0 Å². The summed E-state index contributed by atoms with van der Waals surface area (Å²) in [5, 5.41) is 6.99. The SMILES string of the molecule is CCCCCCCC/C=C\CCCCCCC(=N)C(=O)S. The molecule has 3 heteroatoms. The van der Waals surface area contributed by atoms with E-state index in [4.69, 9.17) is 5.41 Å². The van der Waals surface area contributed by atoms with E-state index in [9.17, 15) is 4.79 Å². The van der Waals surface area contributed by atoms with E-state index < -0.39 is 0 Å². The first-order valence-electron chi connectivity index (χ1n) is 8.64. The molecule has 0 saturated carbocycles. The topological polar surface area (TPSA) is 40.9 Å². The number of thiol groups is 1. The fraction of sp³-hybridized carbons (Fsp3) is 0.778. The minimum absolute atomic E-state index is 0.150. The van der Waals surface area contributed by atoms with Crippen molar-refractivity contribution < 1.29 is 4.79 Å². The zero-order valence-corrected chi connectivity index (χ0v) is 14.6. The zero-order chi connectivity index (χ0) is 15.8. The Bertz CT molecular complexity index is 300. The molecule has 0 atom stereocenters. The van der Waals surface area contributed by atoms with Gasteiger partial charge in [0.15, 0.2) is 0 Å². The third-order valence-electron chi connectivity index (χ3n) is 3.70. The van der Waals surface area contributed by atoms with Gasteiger partial charge in [0.2, 0.25) is 5.12 Å². The summed E-state index contributed by atoms with van der Waals surface area (Å²) in [5.74, 6) is 0. The van der Waals surface area contributed by atoms with Crippen LogP contribution in [0, 0.1) is 5.41 Å². The second-order valence-corrected chi connectivity index (χ2v) is 6.17. The van der Waals surface area contributed by atoms with Crippen LogP contribution in [0.25, 0.3) is 0 Å². The molecule has 0 radical (unpaired) electrons. The zero-order valence-electron chi connectivity index (χ0n) is 13.7. The third-order valence-corrected chi connectivity index (χ3v) is 3.97. The summed E-state index contributed by atoms with van der Waals surface area (Å²) in [6, 6.07) is 0. The Labute approximate surface area is 136 Å². The van der Waals surface area contributed by atoms with Crippen LogP contribution < -0.4 is 0 Å². The van der Waals surface area contributed by atoms with Crippen LogP contribution in [0.2, 0.25) is 0 Å². The number of carbonyl (C=O) groups excluding carboxylic acids is 1. The van der Waals surface area contributed by atoms with Crippen molar-refractivity contribution in [2.75, 3.05) is 0 Å². The predicted molar refractivity (Wildman–Crippen MR) is 96.6 cm³/mol. The molecule has 21 heavy (non-hydrogen) atoms. The van der Waals surface area contributed by atoms with Gasteiger partial charge in [0, 0.05) is 0 Å². The van der Waals surface area contributed by atoms with Crippen molar-refractivity contribution in [3.8, 4) is 0 Å². The quantitative estimate of drug-likeness (QED) is 0.163. The average Bonchev–Trinajstić information content (AvgIpc) is 2.47. The highest BCUT2D eigenvalue weighted by atomic mass is 32.1. The lowest BCUT2D eigenvalue weighted by molar-refractivity contribution is -0.105. The summed E-state index contributed by atoms with van der Waals surface area (Å²) in [6.45, 7) is 2.26. The molecular formula is C18H33NOS. The highest BCUT2D eigenvalue weighted by Crippen LogP contribution is 2.09. The minimum atomic E-state index is -0.382. The predicted octanol–water partition coefficient (Wildman–Crippen LogP) is 6.11. The van der Waals surface area contributed by atoms with Crippen LogP contribution in [0.3, 0.4) is 0 Å². The largest absolute Gasteiger partial charge is 0.301 e. The van der Waals surface area contributed by atoms with Crippen molar-refractivity contribution in [2.45, 2.75) is 90.4 Å². The summed E-state index contributed by atoms with van der Waals surface area (Å²) in [6.07, 6.45) is 20.3. The van der Waals surface area contributed by atoms with E-state index in [0.717, 1.165) is 12.8 Å². The summed E-state index contributed by atoms with van der Waals surface area (Å²) in [4.78, 5) is 10.7. The average molecular weight is 312 g/mol. The van der Waals surface area contributed by atoms with Crippen molar-refractivity contribution in [1.82, 2.24) is 0 Å². The minimum Gasteiger partial charge on any atom is -0.301 e. The Morgan fingerprint density at radius 2 is 1.33 bits per heavy atom. The molecule has 0 aliphatic rings. The molecule has 122 valence electrons. The number of rotatable bonds is 15. The summed E-state index contributed by atoms with van der Waals surface area (Å²) in [7, 11) is 0. The van der Waals surface area contributed by atoms with Gasteiger partial charge in [-0.25, -0.2) is 0 Å². The Morgan fingerprint density at radius 3 is 1.86 bits per heavy atom. The van der Waals surface area contributed by atoms with E-state index in [1.165, 1.54) is 64.2 Å². The van der Waals surface area contributed by atoms with Gasteiger partial charge >= 0.3 is 0 Å². The van der Waals surface area contributed by atoms with E-state index in [0.29, 0.717) is 6.42 Å². The molecule has 0 amide bonds. The van der Waals surface area contributed by atoms with Gasteiger partial charge in [0.25, 0.3) is 0 Å². The highest BCUT2D eigenvalue weighted by Gasteiger charge is 2.02. The van der Waals surface area contributed by atoms with Crippen molar-refractivity contribution in [3.63, 3.8) is 0 Å². The molecule has 0 fully saturated rings. The molecule has 0 bridgehead atoms. The number of carbonyl (C=O) groups is 1. The van der Waals surface area contributed by atoms with Crippen molar-refractivity contribution in [2.24, 2.45) is 0 Å². The van der Waals surface area contributed by atoms with Gasteiger partial charge in [-0.15, -0.1) is 0 Å². The molecule has 0 aliphatic carbocycles. The van der Waals surface area contributed by atoms with Crippen LogP contribution >= 0.6 is 12.6 Å². The van der Waals surface area contributed by atoms with E-state index in [2.05, 4.69) is 31.7 Å². The molecule has 0 saturated heterocycles. The van der Waals surface area contributed by atoms with Crippen LogP contribution in [0.15, 0.2) is 12.2 Å². The Hall–Kier alpha value is -0.570. The number of hydrogen-bond donors (Lipinski definition) is 2. The van der Waals surface area contributed by atoms with Gasteiger partial charge in [0.05, 0.1) is 5.71 Å². The monoisotopic (exact) mass is 311 g/mol. The van der Waals surface area contributed by atoms with Crippen LogP contribution in [-0.2, 0) is 4.79 Å². The molecule has 0 spiro atoms. The summed E-state index contributed by atoms with van der Waals surface area (Å²) >= 11 is 3.64. The first-order chi connectivity index (χ1) is 10.2. The van der Waals surface area contributed by atoms with Gasteiger partial charge in [-0.05, 0) is 38.5 Å². The summed E-state index contributed by atoms with van der Waals surface area (Å²) in [5.41, 5.74) is 0.150. The fourth-order valence-electron chi connectivity index (χ4n) is 2.30. The van der Waals surface area contributed by atoms with Crippen LogP contribution in [0.4, 0.5) is 0 Å². The van der Waals surface area contributed by atoms with Crippen LogP contribution in [0.1, 0.15) is 90.4 Å². The maximum atomic E-state index is 10.7. The normalized spacial score (nSPS) is 11.1. The van der Waals surface area contributed by atoms with Crippen molar-refractivity contribution in [1.29, 1.82) is 5.41 Å². The Kier molecular flexibility index (Phi) is 15.4. The smallest absolute Gasteiger partial charge is 0.229 e. The van der Waals surface area contributed by atoms with Crippen LogP contribution in [-0.4, -0.2) is 10.8 Å². The first-order valence-corrected chi connectivity index (χ1v) is 9.09. The van der Waals surface area contributed by atoms with Gasteiger partial charge in [0.1, 0.15) is 0 Å². The Balaban J connectivity index is 3.19. The maximum absolute atomic E-state index is 10.7. The number of unbranched alkanes of at least 4 members (excludes halogenated alkanes) is 10. The molecule has 0 unspecified atom stereocenters. The fourth-order valence-corrected chi connectivity index (χ4v) is 2.41. The third kappa shape index (κ3) is 15.6. The highest BCUT2D eigenvalue weighted by molar-refractivity contribution is 7.98. The lowest BCUT2D eigenvalue weighted by atomic mass is 10.1. The van der Waals surface area contributed by atoms with Crippen molar-refractivity contribution >= 4 is 23.5 Å². The number of nitrogens with one attached hydrogen (secondary N) is 1. The van der Waals surface area contributed by atoms with Gasteiger partial charge in [-0.1, -0.05) is 76.7 Å². The van der Waals surface area contributed by atoms with E-state index in [1.54, 1.807) is 0 Å². The molecular weight excluding hydrogens is 278 g/mol. The molecule has 1 N–H and O–H groups in total. The van der Waals surface area contributed by atoms with Gasteiger partial charge < -0.3 is 5.41 Å². The Morgan fingerprint density at radius 1 is 0.857 bits per heavy atom. The molecule has 0 rings (SSSR count). The molecule has 0 aromatic heterocycles. The standard InChI is InChI=1S/C18H33NOS/c1-2-3-4-5-6-7-8-9-10-11-12-13-14-15-16-17(19)18(20)21/h9-10,19H,2-8,11-16H2,1H3,(H,20,21)/b10-9-,19-17?. The molecule has 0 aromatic carbocycles. The first kappa shape index (κ1) is 20.4. The van der Waals surface area contributed by atoms with E-state index in [1.807, 2.05) is 0 Å². The number of hydrogen-bond acceptors (Lipinski definition) is 2. The van der Waals surface area contributed by atoms with E-state index >= 15 is 0 Å². The molecule has 0 heterocycles. The second-order valence-electron chi connectivity index (χ2n) is 5.76. The molecule has 2 nitrogen and oxygen atoms in total. The van der Waals surface area contributed by atoms with E-state index in [-0.39, 0.29) is 10.8 Å². The van der Waals surface area contributed by atoms with Crippen molar-refractivity contribution in [3.05, 3.63) is 12.2 Å². The lowest BCUT2D eigenvalue weighted by Crippen LogP contribution is -2.04. The lowest BCUT2D eigenvalue weighted by Gasteiger charge is -2.00. The van der Waals surface area contributed by atoms with Gasteiger partial charge in [-0.3, -0.25) is 4.79 Å². The summed E-state index contributed by atoms with van der Waals surface area (Å²) < 4.78 is 0. The second kappa shape index (κ2) is 15.8. The maximum Gasteiger partial charge on any atom is 0.229 e.